The molecule has 13 rings (SSSR count). The molecule has 0 spiro atoms. The Morgan fingerprint density at radius 2 is 0.767 bits per heavy atom. The minimum Gasteiger partial charge on any atom is -0.456 e. The molecule has 0 radical (unpaired) electrons. The van der Waals surface area contributed by atoms with Crippen molar-refractivity contribution in [3.05, 3.63) is 188 Å². The highest BCUT2D eigenvalue weighted by molar-refractivity contribution is 6.19. The summed E-state index contributed by atoms with van der Waals surface area (Å²) in [5.74, 6) is 1.79. The van der Waals surface area contributed by atoms with Crippen LogP contribution in [0.25, 0.3) is 132 Å². The number of benzene rings is 10. The van der Waals surface area contributed by atoms with Crippen molar-refractivity contribution >= 4 is 87.0 Å². The minimum absolute atomic E-state index is 0.594. The number of rotatable bonds is 4. The van der Waals surface area contributed by atoms with Crippen molar-refractivity contribution in [2.75, 3.05) is 0 Å². The molecule has 0 saturated heterocycles. The van der Waals surface area contributed by atoms with E-state index in [1.807, 2.05) is 30.3 Å². The number of fused-ring (bicyclic) bond motifs is 12. The molecule has 0 bridgehead atoms. The lowest BCUT2D eigenvalue weighted by Crippen LogP contribution is -2.01. The summed E-state index contributed by atoms with van der Waals surface area (Å²) in [6, 6.07) is 65.8. The number of hydrogen-bond acceptors (Lipinski definition) is 5. The number of furan rings is 2. The van der Waals surface area contributed by atoms with Crippen LogP contribution in [0.3, 0.4) is 0 Å². The van der Waals surface area contributed by atoms with E-state index in [2.05, 4.69) is 158 Å². The van der Waals surface area contributed by atoms with Crippen molar-refractivity contribution in [2.45, 2.75) is 0 Å². The van der Waals surface area contributed by atoms with E-state index in [0.717, 1.165) is 104 Å². The van der Waals surface area contributed by atoms with Crippen LogP contribution in [-0.4, -0.2) is 15.0 Å². The Balaban J connectivity index is 1.08. The summed E-state index contributed by atoms with van der Waals surface area (Å²) in [6.07, 6.45) is 0. The fourth-order valence-corrected chi connectivity index (χ4v) is 9.25. The Hall–Kier alpha value is -8.15. The lowest BCUT2D eigenvalue weighted by atomic mass is 9.92. The van der Waals surface area contributed by atoms with Crippen molar-refractivity contribution in [1.29, 1.82) is 0 Å². The maximum atomic E-state index is 6.37. The van der Waals surface area contributed by atoms with Gasteiger partial charge in [0.15, 0.2) is 17.5 Å². The van der Waals surface area contributed by atoms with Crippen LogP contribution in [0.1, 0.15) is 0 Å². The molecule has 0 atom stereocenters. The van der Waals surface area contributed by atoms with Crippen molar-refractivity contribution in [1.82, 2.24) is 15.0 Å². The molecule has 5 heteroatoms. The molecule has 0 fully saturated rings. The first-order valence-corrected chi connectivity index (χ1v) is 20.2. The molecule has 0 amide bonds. The zero-order chi connectivity index (χ0) is 39.3. The molecule has 13 aromatic rings. The van der Waals surface area contributed by atoms with Gasteiger partial charge < -0.3 is 8.83 Å². The third kappa shape index (κ3) is 5.03. The normalized spacial score (nSPS) is 12.0. The van der Waals surface area contributed by atoms with E-state index in [9.17, 15) is 0 Å². The highest BCUT2D eigenvalue weighted by Crippen LogP contribution is 2.42. The third-order valence-corrected chi connectivity index (χ3v) is 12.1. The second-order valence-electron chi connectivity index (χ2n) is 15.5. The molecule has 278 valence electrons. The first-order valence-electron chi connectivity index (χ1n) is 20.2. The zero-order valence-corrected chi connectivity index (χ0v) is 32.1. The van der Waals surface area contributed by atoms with Gasteiger partial charge in [-0.2, -0.15) is 0 Å². The van der Waals surface area contributed by atoms with Gasteiger partial charge in [-0.1, -0.05) is 140 Å². The molecule has 0 saturated carbocycles. The SMILES string of the molecule is c1ccc2c(-c3cccc4oc5ccccc5c34)cc(-c3nc(-c4ccc5ccc6ccccc6c5c4)nc(-c4ccc5ccc6oc7ccccc7c6c5c4)n3)cc2c1. The molecule has 10 aromatic carbocycles. The lowest BCUT2D eigenvalue weighted by molar-refractivity contribution is 0.668. The number of para-hydroxylation sites is 2. The van der Waals surface area contributed by atoms with Crippen LogP contribution in [0.4, 0.5) is 0 Å². The second kappa shape index (κ2) is 12.7. The molecule has 0 aliphatic rings. The van der Waals surface area contributed by atoms with Gasteiger partial charge in [0, 0.05) is 38.2 Å². The van der Waals surface area contributed by atoms with Crippen LogP contribution in [0, 0.1) is 0 Å². The average molecular weight is 766 g/mol. The fraction of sp³-hybridized carbons (Fsp3) is 0. The molecule has 0 unspecified atom stereocenters. The number of aromatic nitrogens is 3. The van der Waals surface area contributed by atoms with E-state index in [-0.39, 0.29) is 0 Å². The van der Waals surface area contributed by atoms with Crippen LogP contribution in [0.2, 0.25) is 0 Å². The Morgan fingerprint density at radius 1 is 0.267 bits per heavy atom. The first kappa shape index (κ1) is 32.9. The predicted molar refractivity (Wildman–Crippen MR) is 246 cm³/mol. The third-order valence-electron chi connectivity index (χ3n) is 12.1. The van der Waals surface area contributed by atoms with Gasteiger partial charge in [0.05, 0.1) is 0 Å². The van der Waals surface area contributed by atoms with Gasteiger partial charge in [-0.3, -0.25) is 0 Å². The van der Waals surface area contributed by atoms with E-state index in [1.165, 1.54) is 10.8 Å². The standard InChI is InChI=1S/C55H31N3O2/c1-3-12-39-32(10-1)20-21-33-22-24-36(29-44(33)39)53-56-54(37-25-23-34-26-27-50-52(45(34)30-37)43-15-6-8-18-48(43)60-50)58-55(57-53)38-28-35-11-2-4-13-40(35)46(31-38)41-16-9-19-49-51(41)42-14-5-7-17-47(42)59-49/h1-31H. The summed E-state index contributed by atoms with van der Waals surface area (Å²) in [4.78, 5) is 15.9. The van der Waals surface area contributed by atoms with Gasteiger partial charge in [-0.15, -0.1) is 0 Å². The topological polar surface area (TPSA) is 65.0 Å². The zero-order valence-electron chi connectivity index (χ0n) is 32.1. The van der Waals surface area contributed by atoms with Gasteiger partial charge in [-0.05, 0) is 103 Å². The van der Waals surface area contributed by atoms with Gasteiger partial charge in [0.25, 0.3) is 0 Å². The number of nitrogens with zero attached hydrogens (tertiary/aromatic N) is 3. The summed E-state index contributed by atoms with van der Waals surface area (Å²) in [6.45, 7) is 0. The molecule has 0 aliphatic heterocycles. The highest BCUT2D eigenvalue weighted by Gasteiger charge is 2.19. The van der Waals surface area contributed by atoms with E-state index in [1.54, 1.807) is 0 Å². The van der Waals surface area contributed by atoms with Crippen LogP contribution in [0.15, 0.2) is 197 Å². The van der Waals surface area contributed by atoms with Crippen molar-refractivity contribution < 1.29 is 8.83 Å². The molecule has 0 aliphatic carbocycles. The van der Waals surface area contributed by atoms with Gasteiger partial charge >= 0.3 is 0 Å². The van der Waals surface area contributed by atoms with Crippen LogP contribution < -0.4 is 0 Å². The van der Waals surface area contributed by atoms with Gasteiger partial charge in [0.2, 0.25) is 0 Å². The van der Waals surface area contributed by atoms with Crippen molar-refractivity contribution in [2.24, 2.45) is 0 Å². The average Bonchev–Trinajstić information content (AvgIpc) is 3.90. The molecule has 5 nitrogen and oxygen atoms in total. The summed E-state index contributed by atoms with van der Waals surface area (Å²) in [5, 5.41) is 13.5. The predicted octanol–water partition coefficient (Wildman–Crippen LogP) is 15.0. The second-order valence-corrected chi connectivity index (χ2v) is 15.5. The Morgan fingerprint density at radius 3 is 1.50 bits per heavy atom. The summed E-state index contributed by atoms with van der Waals surface area (Å²) in [7, 11) is 0. The van der Waals surface area contributed by atoms with Gasteiger partial charge in [0.1, 0.15) is 22.3 Å². The monoisotopic (exact) mass is 765 g/mol. The summed E-state index contributed by atoms with van der Waals surface area (Å²) in [5.41, 5.74) is 8.33. The Bertz CT molecular complexity index is 3910. The summed E-state index contributed by atoms with van der Waals surface area (Å²) >= 11 is 0. The highest BCUT2D eigenvalue weighted by atomic mass is 16.3. The smallest absolute Gasteiger partial charge is 0.164 e. The fourth-order valence-electron chi connectivity index (χ4n) is 9.25. The van der Waals surface area contributed by atoms with E-state index in [4.69, 9.17) is 23.8 Å². The first-order chi connectivity index (χ1) is 29.7. The molecule has 3 aromatic heterocycles. The lowest BCUT2D eigenvalue weighted by Gasteiger charge is -2.14. The maximum Gasteiger partial charge on any atom is 0.164 e. The molecular formula is C55H31N3O2. The Kier molecular flexibility index (Phi) is 6.95. The minimum atomic E-state index is 0.594. The van der Waals surface area contributed by atoms with Crippen LogP contribution in [0.5, 0.6) is 0 Å². The molecular weight excluding hydrogens is 735 g/mol. The number of hydrogen-bond donors (Lipinski definition) is 0. The Labute approximate surface area is 342 Å². The van der Waals surface area contributed by atoms with E-state index < -0.39 is 0 Å². The van der Waals surface area contributed by atoms with Crippen LogP contribution >= 0.6 is 0 Å². The molecule has 3 heterocycles. The van der Waals surface area contributed by atoms with Crippen molar-refractivity contribution in [3.8, 4) is 45.3 Å². The quantitative estimate of drug-likeness (QED) is 0.167. The van der Waals surface area contributed by atoms with E-state index in [0.29, 0.717) is 17.5 Å². The molecule has 60 heavy (non-hydrogen) atoms. The van der Waals surface area contributed by atoms with Crippen molar-refractivity contribution in [3.63, 3.8) is 0 Å². The van der Waals surface area contributed by atoms with Crippen LogP contribution in [-0.2, 0) is 0 Å². The van der Waals surface area contributed by atoms with Gasteiger partial charge in [-0.25, -0.2) is 15.0 Å². The maximum absolute atomic E-state index is 6.37. The van der Waals surface area contributed by atoms with E-state index >= 15 is 0 Å². The molecule has 0 N–H and O–H groups in total. The summed E-state index contributed by atoms with van der Waals surface area (Å²) < 4.78 is 12.7. The largest absolute Gasteiger partial charge is 0.456 e.